The van der Waals surface area contributed by atoms with Gasteiger partial charge >= 0.3 is 0 Å². The molecule has 0 fully saturated rings. The minimum Gasteiger partial charge on any atom is -0.380 e. The van der Waals surface area contributed by atoms with E-state index in [2.05, 4.69) is 24.1 Å². The molecule has 1 atom stereocenters. The van der Waals surface area contributed by atoms with E-state index >= 15 is 0 Å². The molecule has 4 nitrogen and oxygen atoms in total. The summed E-state index contributed by atoms with van der Waals surface area (Å²) >= 11 is 6.19. The van der Waals surface area contributed by atoms with E-state index in [1.807, 2.05) is 24.3 Å². The third-order valence-corrected chi connectivity index (χ3v) is 4.37. The normalized spacial score (nSPS) is 19.2. The minimum absolute atomic E-state index is 0.125. The Balaban J connectivity index is 2.16. The smallest absolute Gasteiger partial charge is 0.271 e. The van der Waals surface area contributed by atoms with Crippen LogP contribution in [0.2, 0.25) is 5.02 Å². The highest BCUT2D eigenvalue weighted by atomic mass is 35.5. The number of nitrogens with one attached hydrogen (secondary N) is 2. The van der Waals surface area contributed by atoms with Crippen LogP contribution in [0, 0.1) is 0 Å². The van der Waals surface area contributed by atoms with Gasteiger partial charge in [0.05, 0.1) is 6.61 Å². The highest BCUT2D eigenvalue weighted by Crippen LogP contribution is 2.45. The molecule has 116 valence electrons. The molecule has 1 aliphatic rings. The Hall–Kier alpha value is -1.78. The first-order valence-corrected chi connectivity index (χ1v) is 7.81. The summed E-state index contributed by atoms with van der Waals surface area (Å²) in [5.74, 6) is 0. The van der Waals surface area contributed by atoms with Crippen molar-refractivity contribution in [3.05, 3.63) is 57.0 Å². The standard InChI is InChI=1S/C17H19ClN2O2/c1-3-8-22-10-17(2)12-6-7-19-16(21)15(12)20-14-5-4-11(18)9-13(14)17/h4-7,9,20H,3,8,10H2,1-2H3,(H,19,21). The number of hydrogen-bond donors (Lipinski definition) is 2. The van der Waals surface area contributed by atoms with Crippen LogP contribution in [0.4, 0.5) is 11.4 Å². The van der Waals surface area contributed by atoms with Crippen molar-refractivity contribution in [2.24, 2.45) is 0 Å². The second-order valence-electron chi connectivity index (χ2n) is 5.80. The van der Waals surface area contributed by atoms with E-state index in [1.54, 1.807) is 6.20 Å². The van der Waals surface area contributed by atoms with Gasteiger partial charge in [-0.25, -0.2) is 0 Å². The number of H-pyrrole nitrogens is 1. The molecule has 0 spiro atoms. The molecule has 1 aliphatic heterocycles. The van der Waals surface area contributed by atoms with E-state index < -0.39 is 5.41 Å². The number of aromatic nitrogens is 1. The zero-order chi connectivity index (χ0) is 15.7. The van der Waals surface area contributed by atoms with Crippen LogP contribution in [0.3, 0.4) is 0 Å². The number of halogens is 1. The number of aromatic amines is 1. The van der Waals surface area contributed by atoms with Crippen molar-refractivity contribution in [3.8, 4) is 0 Å². The predicted octanol–water partition coefficient (Wildman–Crippen LogP) is 3.82. The van der Waals surface area contributed by atoms with Crippen LogP contribution >= 0.6 is 11.6 Å². The van der Waals surface area contributed by atoms with Crippen molar-refractivity contribution in [2.75, 3.05) is 18.5 Å². The monoisotopic (exact) mass is 318 g/mol. The van der Waals surface area contributed by atoms with Gasteiger partial charge in [-0.2, -0.15) is 0 Å². The molecular weight excluding hydrogens is 300 g/mol. The first-order chi connectivity index (χ1) is 10.6. The van der Waals surface area contributed by atoms with Gasteiger partial charge in [-0.15, -0.1) is 0 Å². The zero-order valence-electron chi connectivity index (χ0n) is 12.7. The highest BCUT2D eigenvalue weighted by Gasteiger charge is 2.38. The van der Waals surface area contributed by atoms with E-state index in [0.717, 1.165) is 23.2 Å². The van der Waals surface area contributed by atoms with Gasteiger partial charge in [0, 0.05) is 28.9 Å². The highest BCUT2D eigenvalue weighted by molar-refractivity contribution is 6.30. The van der Waals surface area contributed by atoms with Gasteiger partial charge in [-0.3, -0.25) is 4.79 Å². The number of ether oxygens (including phenoxy) is 1. The van der Waals surface area contributed by atoms with Crippen molar-refractivity contribution >= 4 is 23.0 Å². The summed E-state index contributed by atoms with van der Waals surface area (Å²) in [5, 5.41) is 3.90. The Morgan fingerprint density at radius 1 is 1.27 bits per heavy atom. The van der Waals surface area contributed by atoms with E-state index in [-0.39, 0.29) is 5.56 Å². The average molecular weight is 319 g/mol. The lowest BCUT2D eigenvalue weighted by atomic mass is 9.73. The molecule has 0 bridgehead atoms. The van der Waals surface area contributed by atoms with Gasteiger partial charge in [0.15, 0.2) is 0 Å². The van der Waals surface area contributed by atoms with E-state index in [4.69, 9.17) is 16.3 Å². The van der Waals surface area contributed by atoms with E-state index in [9.17, 15) is 4.79 Å². The number of rotatable bonds is 4. The molecule has 0 amide bonds. The van der Waals surface area contributed by atoms with Crippen LogP contribution in [0.1, 0.15) is 31.4 Å². The largest absolute Gasteiger partial charge is 0.380 e. The topological polar surface area (TPSA) is 54.1 Å². The van der Waals surface area contributed by atoms with Gasteiger partial charge in [0.25, 0.3) is 5.56 Å². The van der Waals surface area contributed by atoms with Crippen LogP contribution in [-0.2, 0) is 10.2 Å². The number of hydrogen-bond acceptors (Lipinski definition) is 3. The lowest BCUT2D eigenvalue weighted by molar-refractivity contribution is 0.102. The van der Waals surface area contributed by atoms with Crippen molar-refractivity contribution in [3.63, 3.8) is 0 Å². The molecule has 0 aliphatic carbocycles. The second-order valence-corrected chi connectivity index (χ2v) is 6.23. The maximum Gasteiger partial charge on any atom is 0.271 e. The van der Waals surface area contributed by atoms with Gasteiger partial charge in [-0.05, 0) is 48.7 Å². The van der Waals surface area contributed by atoms with E-state index in [0.29, 0.717) is 23.9 Å². The summed E-state index contributed by atoms with van der Waals surface area (Å²) < 4.78 is 5.84. The van der Waals surface area contributed by atoms with Crippen LogP contribution in [0.15, 0.2) is 35.3 Å². The Labute approximate surface area is 134 Å². The van der Waals surface area contributed by atoms with Crippen LogP contribution in [-0.4, -0.2) is 18.2 Å². The third kappa shape index (κ3) is 2.42. The van der Waals surface area contributed by atoms with Crippen LogP contribution < -0.4 is 10.9 Å². The molecular formula is C17H19ClN2O2. The third-order valence-electron chi connectivity index (χ3n) is 4.13. The molecule has 0 saturated carbocycles. The lowest BCUT2D eigenvalue weighted by Crippen LogP contribution is -2.36. The van der Waals surface area contributed by atoms with Gasteiger partial charge in [0.1, 0.15) is 5.69 Å². The quantitative estimate of drug-likeness (QED) is 0.843. The number of benzene rings is 1. The fourth-order valence-corrected chi connectivity index (χ4v) is 3.17. The average Bonchev–Trinajstić information content (AvgIpc) is 2.50. The maximum atomic E-state index is 12.2. The van der Waals surface area contributed by atoms with Crippen molar-refractivity contribution in [1.82, 2.24) is 4.98 Å². The van der Waals surface area contributed by atoms with Gasteiger partial charge < -0.3 is 15.0 Å². The number of anilines is 2. The van der Waals surface area contributed by atoms with Crippen LogP contribution in [0.5, 0.6) is 0 Å². The first-order valence-electron chi connectivity index (χ1n) is 7.43. The molecule has 0 radical (unpaired) electrons. The van der Waals surface area contributed by atoms with Gasteiger partial charge in [0.2, 0.25) is 0 Å². The molecule has 1 unspecified atom stereocenters. The zero-order valence-corrected chi connectivity index (χ0v) is 13.5. The van der Waals surface area contributed by atoms with Crippen molar-refractivity contribution in [1.29, 1.82) is 0 Å². The summed E-state index contributed by atoms with van der Waals surface area (Å²) in [6.45, 7) is 5.37. The molecule has 1 aromatic carbocycles. The molecule has 0 saturated heterocycles. The molecule has 3 rings (SSSR count). The van der Waals surface area contributed by atoms with Crippen LogP contribution in [0.25, 0.3) is 0 Å². The molecule has 5 heteroatoms. The maximum absolute atomic E-state index is 12.2. The molecule has 2 heterocycles. The minimum atomic E-state index is -0.412. The summed E-state index contributed by atoms with van der Waals surface area (Å²) in [6.07, 6.45) is 2.63. The Morgan fingerprint density at radius 2 is 2.09 bits per heavy atom. The summed E-state index contributed by atoms with van der Waals surface area (Å²) in [5.41, 5.74) is 2.93. The number of pyridine rings is 1. The van der Waals surface area contributed by atoms with Gasteiger partial charge in [-0.1, -0.05) is 18.5 Å². The first kappa shape index (κ1) is 15.1. The molecule has 1 aromatic heterocycles. The fraction of sp³-hybridized carbons (Fsp3) is 0.353. The summed E-state index contributed by atoms with van der Waals surface area (Å²) in [7, 11) is 0. The Bertz CT molecular complexity index is 757. The fourth-order valence-electron chi connectivity index (χ4n) is 3.00. The molecule has 22 heavy (non-hydrogen) atoms. The van der Waals surface area contributed by atoms with E-state index in [1.165, 1.54) is 0 Å². The predicted molar refractivity (Wildman–Crippen MR) is 89.4 cm³/mol. The molecule has 2 aromatic rings. The summed E-state index contributed by atoms with van der Waals surface area (Å²) in [6, 6.07) is 7.61. The second kappa shape index (κ2) is 5.78. The summed E-state index contributed by atoms with van der Waals surface area (Å²) in [4.78, 5) is 14.9. The Morgan fingerprint density at radius 3 is 2.86 bits per heavy atom. The molecule has 2 N–H and O–H groups in total. The van der Waals surface area contributed by atoms with Crippen molar-refractivity contribution in [2.45, 2.75) is 25.7 Å². The Kier molecular flexibility index (Phi) is 3.98. The SMILES string of the molecule is CCCOCC1(C)c2cc(Cl)ccc2Nc2c1cc[nH]c2=O. The number of fused-ring (bicyclic) bond motifs is 2. The lowest BCUT2D eigenvalue weighted by Gasteiger charge is -2.37. The van der Waals surface area contributed by atoms with Crippen molar-refractivity contribution < 1.29 is 4.74 Å².